The third-order valence-electron chi connectivity index (χ3n) is 3.51. The average molecular weight is 315 g/mol. The summed E-state index contributed by atoms with van der Waals surface area (Å²) in [6, 6.07) is 6.67. The van der Waals surface area contributed by atoms with E-state index in [1.807, 2.05) is 23.9 Å². The molecule has 0 aliphatic rings. The molecule has 2 aromatic rings. The fourth-order valence-corrected chi connectivity index (χ4v) is 3.08. The zero-order valence-corrected chi connectivity index (χ0v) is 12.8. The highest BCUT2D eigenvalue weighted by molar-refractivity contribution is 6.22. The lowest BCUT2D eigenvalue weighted by Crippen LogP contribution is -2.34. The molecule has 0 atom stereocenters. The summed E-state index contributed by atoms with van der Waals surface area (Å²) in [5, 5.41) is 4.24. The van der Waals surface area contributed by atoms with Crippen molar-refractivity contribution < 1.29 is 4.39 Å². The number of aryl methyl sites for hydroxylation is 1. The van der Waals surface area contributed by atoms with Gasteiger partial charge in [-0.2, -0.15) is 5.10 Å². The van der Waals surface area contributed by atoms with Crippen molar-refractivity contribution in [2.75, 3.05) is 11.8 Å². The first kappa shape index (κ1) is 15.3. The van der Waals surface area contributed by atoms with E-state index in [0.717, 1.165) is 12.1 Å². The van der Waals surface area contributed by atoms with Gasteiger partial charge in [-0.25, -0.2) is 4.39 Å². The Hall–Kier alpha value is -1.06. The zero-order valence-electron chi connectivity index (χ0n) is 11.3. The first-order valence-electron chi connectivity index (χ1n) is 6.53. The van der Waals surface area contributed by atoms with Crippen LogP contribution in [0.3, 0.4) is 0 Å². The van der Waals surface area contributed by atoms with Gasteiger partial charge in [-0.15, -0.1) is 23.2 Å². The van der Waals surface area contributed by atoms with Crippen LogP contribution in [0.1, 0.15) is 18.1 Å². The van der Waals surface area contributed by atoms with Crippen LogP contribution in [-0.2, 0) is 18.4 Å². The van der Waals surface area contributed by atoms with Crippen LogP contribution < -0.4 is 0 Å². The summed E-state index contributed by atoms with van der Waals surface area (Å²) in [5.41, 5.74) is 0.960. The van der Waals surface area contributed by atoms with Gasteiger partial charge in [0, 0.05) is 29.9 Å². The summed E-state index contributed by atoms with van der Waals surface area (Å²) >= 11 is 12.3. The van der Waals surface area contributed by atoms with Gasteiger partial charge in [0.1, 0.15) is 5.82 Å². The third kappa shape index (κ3) is 2.99. The van der Waals surface area contributed by atoms with Crippen LogP contribution in [0, 0.1) is 5.82 Å². The van der Waals surface area contributed by atoms with Crippen LogP contribution in [-0.4, -0.2) is 21.5 Å². The molecule has 1 aromatic carbocycles. The van der Waals surface area contributed by atoms with Crippen molar-refractivity contribution in [1.29, 1.82) is 0 Å². The summed E-state index contributed by atoms with van der Waals surface area (Å²) < 4.78 is 15.9. The summed E-state index contributed by atoms with van der Waals surface area (Å²) in [6.45, 7) is 2.82. The predicted octanol–water partition coefficient (Wildman–Crippen LogP) is 4.00. The molecular weight excluding hydrogens is 298 g/mol. The quantitative estimate of drug-likeness (QED) is 0.737. The fourth-order valence-electron chi connectivity index (χ4n) is 2.32. The normalized spacial score (nSPS) is 11.8. The zero-order chi connectivity index (χ0) is 14.6. The number of hydrogen-bond donors (Lipinski definition) is 0. The van der Waals surface area contributed by atoms with Gasteiger partial charge in [-0.1, -0.05) is 18.2 Å². The molecule has 0 radical (unpaired) electrons. The van der Waals surface area contributed by atoms with E-state index >= 15 is 0 Å². The minimum absolute atomic E-state index is 0.259. The molecule has 0 fully saturated rings. The molecule has 0 amide bonds. The van der Waals surface area contributed by atoms with E-state index in [9.17, 15) is 4.39 Å². The molecule has 0 saturated heterocycles. The third-order valence-corrected chi connectivity index (χ3v) is 4.53. The maximum absolute atomic E-state index is 14.1. The molecule has 0 saturated carbocycles. The molecule has 0 N–H and O–H groups in total. The van der Waals surface area contributed by atoms with E-state index in [-0.39, 0.29) is 17.6 Å². The van der Waals surface area contributed by atoms with Crippen molar-refractivity contribution in [2.24, 2.45) is 0 Å². The van der Waals surface area contributed by atoms with Gasteiger partial charge < -0.3 is 0 Å². The van der Waals surface area contributed by atoms with Crippen LogP contribution in [0.4, 0.5) is 4.39 Å². The van der Waals surface area contributed by atoms with Gasteiger partial charge in [0.25, 0.3) is 0 Å². The lowest BCUT2D eigenvalue weighted by molar-refractivity contribution is 0.490. The molecule has 0 aliphatic carbocycles. The highest BCUT2D eigenvalue weighted by atomic mass is 35.5. The molecule has 108 valence electrons. The molecule has 5 heteroatoms. The Morgan fingerprint density at radius 2 is 1.95 bits per heavy atom. The molecule has 1 aromatic heterocycles. The first-order chi connectivity index (χ1) is 9.65. The average Bonchev–Trinajstić information content (AvgIpc) is 2.93. The molecule has 20 heavy (non-hydrogen) atoms. The van der Waals surface area contributed by atoms with Gasteiger partial charge in [-0.05, 0) is 30.5 Å². The second kappa shape index (κ2) is 6.59. The highest BCUT2D eigenvalue weighted by Gasteiger charge is 2.33. The molecule has 0 aliphatic heterocycles. The van der Waals surface area contributed by atoms with Crippen molar-refractivity contribution in [3.05, 3.63) is 53.6 Å². The molecule has 2 rings (SSSR count). The summed E-state index contributed by atoms with van der Waals surface area (Å²) in [5.74, 6) is 0.250. The SMILES string of the molecule is CCn1cc(CC(CCl)(CCl)c2ccccc2F)cn1. The number of halogens is 3. The number of nitrogens with zero attached hydrogens (tertiary/aromatic N) is 2. The highest BCUT2D eigenvalue weighted by Crippen LogP contribution is 2.33. The maximum atomic E-state index is 14.1. The van der Waals surface area contributed by atoms with Gasteiger partial charge in [0.15, 0.2) is 0 Å². The van der Waals surface area contributed by atoms with E-state index in [1.54, 1.807) is 18.3 Å². The number of aromatic nitrogens is 2. The van der Waals surface area contributed by atoms with Gasteiger partial charge in [-0.3, -0.25) is 4.68 Å². The van der Waals surface area contributed by atoms with E-state index in [0.29, 0.717) is 12.0 Å². The van der Waals surface area contributed by atoms with Crippen molar-refractivity contribution in [3.63, 3.8) is 0 Å². The molecule has 0 bridgehead atoms. The Labute approximate surface area is 128 Å². The molecule has 1 heterocycles. The van der Waals surface area contributed by atoms with Crippen LogP contribution in [0.5, 0.6) is 0 Å². The van der Waals surface area contributed by atoms with E-state index in [4.69, 9.17) is 23.2 Å². The summed E-state index contributed by atoms with van der Waals surface area (Å²) in [4.78, 5) is 0. The van der Waals surface area contributed by atoms with Crippen LogP contribution >= 0.6 is 23.2 Å². The van der Waals surface area contributed by atoms with Gasteiger partial charge in [0.05, 0.1) is 6.20 Å². The smallest absolute Gasteiger partial charge is 0.127 e. The molecule has 0 spiro atoms. The fraction of sp³-hybridized carbons (Fsp3) is 0.400. The second-order valence-electron chi connectivity index (χ2n) is 4.91. The standard InChI is InChI=1S/C15H17Cl2FN2/c1-2-20-9-12(8-19-20)7-15(10-16,11-17)13-5-3-4-6-14(13)18/h3-6,8-9H,2,7,10-11H2,1H3. The van der Waals surface area contributed by atoms with E-state index < -0.39 is 5.41 Å². The van der Waals surface area contributed by atoms with Gasteiger partial charge in [0.2, 0.25) is 0 Å². The van der Waals surface area contributed by atoms with Crippen LogP contribution in [0.15, 0.2) is 36.7 Å². The Bertz CT molecular complexity index is 565. The van der Waals surface area contributed by atoms with Crippen LogP contribution in [0.2, 0.25) is 0 Å². The van der Waals surface area contributed by atoms with Crippen molar-refractivity contribution >= 4 is 23.2 Å². The number of alkyl halides is 2. The van der Waals surface area contributed by atoms with Crippen molar-refractivity contribution in [1.82, 2.24) is 9.78 Å². The lowest BCUT2D eigenvalue weighted by Gasteiger charge is -2.30. The summed E-state index contributed by atoms with van der Waals surface area (Å²) in [7, 11) is 0. The monoisotopic (exact) mass is 314 g/mol. The minimum Gasteiger partial charge on any atom is -0.273 e. The van der Waals surface area contributed by atoms with Crippen molar-refractivity contribution in [3.8, 4) is 0 Å². The molecule has 0 unspecified atom stereocenters. The largest absolute Gasteiger partial charge is 0.273 e. The molecular formula is C15H17Cl2FN2. The van der Waals surface area contributed by atoms with Crippen LogP contribution in [0.25, 0.3) is 0 Å². The molecule has 2 nitrogen and oxygen atoms in total. The van der Waals surface area contributed by atoms with Gasteiger partial charge >= 0.3 is 0 Å². The topological polar surface area (TPSA) is 17.8 Å². The summed E-state index contributed by atoms with van der Waals surface area (Å²) in [6.07, 6.45) is 4.31. The van der Waals surface area contributed by atoms with E-state index in [1.165, 1.54) is 6.07 Å². The first-order valence-corrected chi connectivity index (χ1v) is 7.60. The lowest BCUT2D eigenvalue weighted by atomic mass is 9.79. The number of hydrogen-bond acceptors (Lipinski definition) is 1. The maximum Gasteiger partial charge on any atom is 0.127 e. The minimum atomic E-state index is -0.615. The Morgan fingerprint density at radius 1 is 1.25 bits per heavy atom. The Balaban J connectivity index is 2.37. The number of benzene rings is 1. The Kier molecular flexibility index (Phi) is 5.06. The second-order valence-corrected chi connectivity index (χ2v) is 5.44. The number of rotatable bonds is 6. The predicted molar refractivity (Wildman–Crippen MR) is 81.1 cm³/mol. The Morgan fingerprint density at radius 3 is 2.50 bits per heavy atom. The van der Waals surface area contributed by atoms with Crippen molar-refractivity contribution in [2.45, 2.75) is 25.3 Å². The van der Waals surface area contributed by atoms with E-state index in [2.05, 4.69) is 5.10 Å².